The third-order valence-electron chi connectivity index (χ3n) is 4.97. The lowest BCUT2D eigenvalue weighted by Crippen LogP contribution is -2.18. The van der Waals surface area contributed by atoms with Crippen LogP contribution in [-0.2, 0) is 0 Å². The number of halogens is 1. The molecule has 1 aliphatic rings. The highest BCUT2D eigenvalue weighted by molar-refractivity contribution is 6.28. The Morgan fingerprint density at radius 2 is 2.14 bits per heavy atom. The number of fused-ring (bicyclic) bond motifs is 1. The summed E-state index contributed by atoms with van der Waals surface area (Å²) < 4.78 is 3.54. The summed E-state index contributed by atoms with van der Waals surface area (Å²) in [6.07, 6.45) is 7.69. The van der Waals surface area contributed by atoms with Gasteiger partial charge in [-0.2, -0.15) is 4.98 Å². The topological polar surface area (TPSA) is 89.1 Å². The van der Waals surface area contributed by atoms with Crippen molar-refractivity contribution >= 4 is 34.7 Å². The van der Waals surface area contributed by atoms with Gasteiger partial charge in [-0.3, -0.25) is 4.79 Å². The van der Waals surface area contributed by atoms with Crippen LogP contribution in [0, 0.1) is 0 Å². The second-order valence-corrected chi connectivity index (χ2v) is 7.36. The monoisotopic (exact) mass is 407 g/mol. The van der Waals surface area contributed by atoms with E-state index in [1.54, 1.807) is 24.1 Å². The van der Waals surface area contributed by atoms with E-state index >= 15 is 0 Å². The standard InChI is InChI=1S/C20H18ClN7O/c1-22-19(29)14-7-13(12-4-5-12)8-15(9-14)27-10-17(23-11-27)24-18-16-3-2-6-28(16)26-20(21)25-18/h2-3,6-12H,4-5H2,1H3,(H,22,29)(H,24,25,26). The number of hydrogen-bond donors (Lipinski definition) is 2. The molecule has 3 aromatic heterocycles. The SMILES string of the molecule is CNC(=O)c1cc(C2CC2)cc(-n2cnc(Nc3nc(Cl)nn4cccc34)c2)c1. The zero-order valence-electron chi connectivity index (χ0n) is 15.6. The van der Waals surface area contributed by atoms with Crippen molar-refractivity contribution in [3.63, 3.8) is 0 Å². The van der Waals surface area contributed by atoms with Gasteiger partial charge >= 0.3 is 0 Å². The molecule has 4 aromatic rings. The van der Waals surface area contributed by atoms with Crippen molar-refractivity contribution in [2.45, 2.75) is 18.8 Å². The Morgan fingerprint density at radius 3 is 2.93 bits per heavy atom. The van der Waals surface area contributed by atoms with Gasteiger partial charge in [0.2, 0.25) is 5.28 Å². The molecular weight excluding hydrogens is 390 g/mol. The molecule has 0 radical (unpaired) electrons. The number of benzene rings is 1. The Labute approximate surface area is 171 Å². The Balaban J connectivity index is 1.49. The van der Waals surface area contributed by atoms with Crippen LogP contribution in [0.3, 0.4) is 0 Å². The summed E-state index contributed by atoms with van der Waals surface area (Å²) in [6, 6.07) is 9.71. The third kappa shape index (κ3) is 3.42. The molecule has 1 amide bonds. The number of rotatable bonds is 5. The molecule has 8 nitrogen and oxygen atoms in total. The maximum Gasteiger partial charge on any atom is 0.251 e. The molecule has 1 aliphatic carbocycles. The van der Waals surface area contributed by atoms with Gasteiger partial charge < -0.3 is 15.2 Å². The van der Waals surface area contributed by atoms with E-state index in [9.17, 15) is 4.79 Å². The first kappa shape index (κ1) is 17.7. The van der Waals surface area contributed by atoms with Gasteiger partial charge in [-0.1, -0.05) is 0 Å². The first-order valence-electron chi connectivity index (χ1n) is 9.30. The smallest absolute Gasteiger partial charge is 0.251 e. The number of amides is 1. The Bertz CT molecular complexity index is 1220. The molecule has 0 spiro atoms. The van der Waals surface area contributed by atoms with Crippen LogP contribution in [0.2, 0.25) is 5.28 Å². The van der Waals surface area contributed by atoms with Gasteiger partial charge in [-0.25, -0.2) is 9.50 Å². The number of aromatic nitrogens is 5. The summed E-state index contributed by atoms with van der Waals surface area (Å²) in [4.78, 5) is 20.9. The van der Waals surface area contributed by atoms with Crippen molar-refractivity contribution in [3.8, 4) is 5.69 Å². The van der Waals surface area contributed by atoms with Crippen LogP contribution in [0.1, 0.15) is 34.7 Å². The average Bonchev–Trinajstić information content (AvgIpc) is 3.29. The number of carbonyl (C=O) groups excluding carboxylic acids is 1. The van der Waals surface area contributed by atoms with Crippen LogP contribution in [0.4, 0.5) is 11.6 Å². The number of anilines is 2. The summed E-state index contributed by atoms with van der Waals surface area (Å²) in [7, 11) is 1.64. The van der Waals surface area contributed by atoms with E-state index in [-0.39, 0.29) is 11.2 Å². The van der Waals surface area contributed by atoms with E-state index in [2.05, 4.69) is 31.8 Å². The first-order valence-corrected chi connectivity index (χ1v) is 9.68. The molecule has 5 rings (SSSR count). The number of nitrogens with zero attached hydrogens (tertiary/aromatic N) is 5. The fourth-order valence-corrected chi connectivity index (χ4v) is 3.53. The van der Waals surface area contributed by atoms with Gasteiger partial charge in [-0.05, 0) is 66.3 Å². The van der Waals surface area contributed by atoms with Crippen molar-refractivity contribution in [1.82, 2.24) is 29.5 Å². The maximum atomic E-state index is 12.2. The van der Waals surface area contributed by atoms with Crippen molar-refractivity contribution in [2.24, 2.45) is 0 Å². The highest BCUT2D eigenvalue weighted by atomic mass is 35.5. The summed E-state index contributed by atoms with van der Waals surface area (Å²) in [5, 5.41) is 10.2. The second-order valence-electron chi connectivity index (χ2n) is 7.03. The molecule has 0 saturated heterocycles. The quantitative estimate of drug-likeness (QED) is 0.528. The minimum Gasteiger partial charge on any atom is -0.355 e. The molecule has 146 valence electrons. The molecule has 0 unspecified atom stereocenters. The molecule has 3 heterocycles. The summed E-state index contributed by atoms with van der Waals surface area (Å²) in [5.41, 5.74) is 3.51. The van der Waals surface area contributed by atoms with Crippen molar-refractivity contribution in [3.05, 3.63) is 65.5 Å². The van der Waals surface area contributed by atoms with Crippen LogP contribution in [-0.4, -0.2) is 37.1 Å². The van der Waals surface area contributed by atoms with E-state index in [1.807, 2.05) is 35.0 Å². The number of imidazole rings is 1. The van der Waals surface area contributed by atoms with Gasteiger partial charge in [0.1, 0.15) is 17.7 Å². The summed E-state index contributed by atoms with van der Waals surface area (Å²) in [5.74, 6) is 1.61. The Kier molecular flexibility index (Phi) is 4.21. The minimum absolute atomic E-state index is 0.0986. The molecule has 1 aromatic carbocycles. The Hall–Kier alpha value is -3.39. The average molecular weight is 408 g/mol. The largest absolute Gasteiger partial charge is 0.355 e. The first-order chi connectivity index (χ1) is 14.1. The van der Waals surface area contributed by atoms with Crippen molar-refractivity contribution in [2.75, 3.05) is 12.4 Å². The van der Waals surface area contributed by atoms with Gasteiger partial charge in [-0.15, -0.1) is 5.10 Å². The highest BCUT2D eigenvalue weighted by Gasteiger charge is 2.25. The normalized spacial score (nSPS) is 13.6. The van der Waals surface area contributed by atoms with Gasteiger partial charge in [0.05, 0.1) is 6.20 Å². The van der Waals surface area contributed by atoms with Gasteiger partial charge in [0.15, 0.2) is 5.82 Å². The predicted molar refractivity (Wildman–Crippen MR) is 110 cm³/mol. The molecule has 0 atom stereocenters. The van der Waals surface area contributed by atoms with Crippen LogP contribution < -0.4 is 10.6 Å². The van der Waals surface area contributed by atoms with Crippen molar-refractivity contribution < 1.29 is 4.79 Å². The lowest BCUT2D eigenvalue weighted by Gasteiger charge is -2.09. The van der Waals surface area contributed by atoms with E-state index in [0.29, 0.717) is 23.1 Å². The zero-order valence-corrected chi connectivity index (χ0v) is 16.4. The summed E-state index contributed by atoms with van der Waals surface area (Å²) >= 11 is 6.02. The van der Waals surface area contributed by atoms with Crippen LogP contribution in [0.5, 0.6) is 0 Å². The fourth-order valence-electron chi connectivity index (χ4n) is 3.36. The van der Waals surface area contributed by atoms with Crippen LogP contribution in [0.25, 0.3) is 11.2 Å². The minimum atomic E-state index is -0.0986. The molecule has 0 bridgehead atoms. The molecular formula is C20H18ClN7O. The van der Waals surface area contributed by atoms with E-state index in [0.717, 1.165) is 24.0 Å². The summed E-state index contributed by atoms with van der Waals surface area (Å²) in [6.45, 7) is 0. The highest BCUT2D eigenvalue weighted by Crippen LogP contribution is 2.41. The van der Waals surface area contributed by atoms with E-state index in [4.69, 9.17) is 11.6 Å². The molecule has 29 heavy (non-hydrogen) atoms. The number of nitrogens with one attached hydrogen (secondary N) is 2. The second kappa shape index (κ2) is 6.89. The fraction of sp³-hybridized carbons (Fsp3) is 0.200. The lowest BCUT2D eigenvalue weighted by molar-refractivity contribution is 0.0963. The molecule has 9 heteroatoms. The number of hydrogen-bond acceptors (Lipinski definition) is 5. The maximum absolute atomic E-state index is 12.2. The molecule has 1 fully saturated rings. The Morgan fingerprint density at radius 1 is 1.28 bits per heavy atom. The molecule has 0 aliphatic heterocycles. The van der Waals surface area contributed by atoms with Gasteiger partial charge in [0.25, 0.3) is 5.91 Å². The van der Waals surface area contributed by atoms with E-state index < -0.39 is 0 Å². The van der Waals surface area contributed by atoms with Gasteiger partial charge in [0, 0.05) is 24.5 Å². The molecule has 1 saturated carbocycles. The zero-order chi connectivity index (χ0) is 20.0. The molecule has 2 N–H and O–H groups in total. The third-order valence-corrected chi connectivity index (χ3v) is 5.13. The number of carbonyl (C=O) groups is 1. The lowest BCUT2D eigenvalue weighted by atomic mass is 10.0. The van der Waals surface area contributed by atoms with E-state index in [1.165, 1.54) is 5.56 Å². The van der Waals surface area contributed by atoms with Crippen LogP contribution >= 0.6 is 11.6 Å². The van der Waals surface area contributed by atoms with Crippen molar-refractivity contribution in [1.29, 1.82) is 0 Å². The van der Waals surface area contributed by atoms with Crippen LogP contribution in [0.15, 0.2) is 49.1 Å². The predicted octanol–water partition coefficient (Wildman–Crippen LogP) is 3.55.